The summed E-state index contributed by atoms with van der Waals surface area (Å²) in [5.74, 6) is -0.0890. The molecule has 0 spiro atoms. The standard InChI is InChI=1S/C20H17ClF3IN4O/c1-10(25)11-5-13(6-11)29-9-12-7-17(14(21)8-16(12)28-29)27-19(30)15-3-2-4-18(26-15)20(22,23)24/h2-4,7-11,13H,5-6H2,1H3,(H,27,30)/t10?,11-,13-. The average molecular weight is 549 g/mol. The van der Waals surface area contributed by atoms with E-state index in [0.717, 1.165) is 30.4 Å². The Hall–Kier alpha value is -1.88. The number of halogens is 5. The molecule has 5 nitrogen and oxygen atoms in total. The van der Waals surface area contributed by atoms with E-state index < -0.39 is 17.8 Å². The number of anilines is 1. The van der Waals surface area contributed by atoms with Gasteiger partial charge in [0.2, 0.25) is 0 Å². The first-order chi connectivity index (χ1) is 14.1. The first kappa shape index (κ1) is 21.4. The van der Waals surface area contributed by atoms with Crippen LogP contribution in [-0.4, -0.2) is 24.6 Å². The van der Waals surface area contributed by atoms with Gasteiger partial charge in [-0.1, -0.05) is 47.2 Å². The van der Waals surface area contributed by atoms with Crippen molar-refractivity contribution in [2.45, 2.75) is 35.9 Å². The number of aromatic nitrogens is 3. The van der Waals surface area contributed by atoms with E-state index in [1.54, 1.807) is 12.1 Å². The average Bonchev–Trinajstić information content (AvgIpc) is 3.01. The van der Waals surface area contributed by atoms with Crippen LogP contribution in [0.3, 0.4) is 0 Å². The third kappa shape index (κ3) is 4.27. The number of benzene rings is 1. The predicted octanol–water partition coefficient (Wildman–Crippen LogP) is 6.13. The Morgan fingerprint density at radius 2 is 2.07 bits per heavy atom. The van der Waals surface area contributed by atoms with E-state index in [0.29, 0.717) is 27.1 Å². The zero-order valence-corrected chi connectivity index (χ0v) is 18.7. The van der Waals surface area contributed by atoms with Gasteiger partial charge in [0.05, 0.1) is 22.3 Å². The molecule has 1 aliphatic rings. The molecule has 3 aromatic rings. The molecule has 1 aromatic carbocycles. The van der Waals surface area contributed by atoms with Crippen molar-refractivity contribution in [1.29, 1.82) is 0 Å². The Bertz CT molecular complexity index is 1110. The van der Waals surface area contributed by atoms with Gasteiger partial charge in [0.1, 0.15) is 11.4 Å². The first-order valence-electron chi connectivity index (χ1n) is 9.30. The Balaban J connectivity index is 1.55. The van der Waals surface area contributed by atoms with Gasteiger partial charge in [0, 0.05) is 15.5 Å². The van der Waals surface area contributed by atoms with Gasteiger partial charge in [-0.2, -0.15) is 18.3 Å². The molecule has 0 bridgehead atoms. The van der Waals surface area contributed by atoms with Gasteiger partial charge in [-0.15, -0.1) is 0 Å². The molecular formula is C20H17ClF3IN4O. The molecule has 10 heteroatoms. The van der Waals surface area contributed by atoms with Crippen LogP contribution in [0.2, 0.25) is 5.02 Å². The van der Waals surface area contributed by atoms with Crippen molar-refractivity contribution in [2.75, 3.05) is 5.32 Å². The summed E-state index contributed by atoms with van der Waals surface area (Å²) in [4.78, 5) is 15.8. The number of hydrogen-bond donors (Lipinski definition) is 1. The predicted molar refractivity (Wildman–Crippen MR) is 117 cm³/mol. The normalized spacial score (nSPS) is 20.1. The van der Waals surface area contributed by atoms with Crippen molar-refractivity contribution in [3.05, 3.63) is 52.9 Å². The summed E-state index contributed by atoms with van der Waals surface area (Å²) < 4.78 is 41.1. The van der Waals surface area contributed by atoms with Crippen molar-refractivity contribution in [2.24, 2.45) is 5.92 Å². The van der Waals surface area contributed by atoms with Crippen LogP contribution in [0.25, 0.3) is 10.9 Å². The molecule has 2 aromatic heterocycles. The molecule has 0 saturated heterocycles. The van der Waals surface area contributed by atoms with Gasteiger partial charge in [-0.25, -0.2) is 4.98 Å². The van der Waals surface area contributed by atoms with Crippen LogP contribution < -0.4 is 5.32 Å². The number of carbonyl (C=O) groups is 1. The van der Waals surface area contributed by atoms with Crippen LogP contribution in [0.1, 0.15) is 42.0 Å². The summed E-state index contributed by atoms with van der Waals surface area (Å²) in [7, 11) is 0. The number of nitrogens with zero attached hydrogens (tertiary/aromatic N) is 3. The largest absolute Gasteiger partial charge is 0.433 e. The molecule has 30 heavy (non-hydrogen) atoms. The second kappa shape index (κ2) is 7.99. The van der Waals surface area contributed by atoms with E-state index >= 15 is 0 Å². The summed E-state index contributed by atoms with van der Waals surface area (Å²) in [6.07, 6.45) is -0.590. The number of carbonyl (C=O) groups excluding carboxylic acids is 1. The fraction of sp³-hybridized carbons (Fsp3) is 0.350. The van der Waals surface area contributed by atoms with Gasteiger partial charge < -0.3 is 5.32 Å². The molecule has 1 saturated carbocycles. The molecule has 1 aliphatic carbocycles. The molecule has 0 aliphatic heterocycles. The Morgan fingerprint density at radius 1 is 1.33 bits per heavy atom. The third-order valence-corrected chi connectivity index (χ3v) is 6.63. The van der Waals surface area contributed by atoms with Crippen LogP contribution in [-0.2, 0) is 6.18 Å². The minimum Gasteiger partial charge on any atom is -0.319 e. The van der Waals surface area contributed by atoms with Crippen molar-refractivity contribution < 1.29 is 18.0 Å². The molecular weight excluding hydrogens is 532 g/mol. The van der Waals surface area contributed by atoms with Gasteiger partial charge in [-0.3, -0.25) is 9.48 Å². The number of alkyl halides is 4. The highest BCUT2D eigenvalue weighted by Crippen LogP contribution is 2.42. The highest BCUT2D eigenvalue weighted by Gasteiger charge is 2.34. The van der Waals surface area contributed by atoms with Gasteiger partial charge in [0.25, 0.3) is 5.91 Å². The van der Waals surface area contributed by atoms with Gasteiger partial charge >= 0.3 is 6.18 Å². The quantitative estimate of drug-likeness (QED) is 0.315. The van der Waals surface area contributed by atoms with Crippen molar-refractivity contribution in [3.63, 3.8) is 0 Å². The molecule has 158 valence electrons. The number of rotatable bonds is 4. The highest BCUT2D eigenvalue weighted by atomic mass is 127. The fourth-order valence-corrected chi connectivity index (χ4v) is 4.27. The van der Waals surface area contributed by atoms with Gasteiger partial charge in [0.15, 0.2) is 0 Å². The number of fused-ring (bicyclic) bond motifs is 1. The zero-order valence-electron chi connectivity index (χ0n) is 15.8. The third-order valence-electron chi connectivity index (χ3n) is 5.30. The maximum absolute atomic E-state index is 12.8. The van der Waals surface area contributed by atoms with E-state index in [2.05, 4.69) is 44.9 Å². The van der Waals surface area contributed by atoms with Crippen LogP contribution >= 0.6 is 34.2 Å². The molecule has 1 unspecified atom stereocenters. The molecule has 1 fully saturated rings. The second-order valence-corrected chi connectivity index (χ2v) is 9.79. The van der Waals surface area contributed by atoms with Crippen LogP contribution in [0.15, 0.2) is 36.5 Å². The number of nitrogens with one attached hydrogen (secondary N) is 1. The van der Waals surface area contributed by atoms with Gasteiger partial charge in [-0.05, 0) is 43.0 Å². The lowest BCUT2D eigenvalue weighted by atomic mass is 9.79. The van der Waals surface area contributed by atoms with Crippen molar-refractivity contribution in [1.82, 2.24) is 14.8 Å². The highest BCUT2D eigenvalue weighted by molar-refractivity contribution is 14.1. The summed E-state index contributed by atoms with van der Waals surface area (Å²) in [5, 5.41) is 8.17. The van der Waals surface area contributed by atoms with Crippen molar-refractivity contribution >= 4 is 56.7 Å². The first-order valence-corrected chi connectivity index (χ1v) is 10.9. The smallest absolute Gasteiger partial charge is 0.319 e. The molecule has 4 rings (SSSR count). The lowest BCUT2D eigenvalue weighted by molar-refractivity contribution is -0.141. The SMILES string of the molecule is CC(I)[C@H]1C[C@H](n2cc3cc(NC(=O)c4cccc(C(F)(F)F)n4)c(Cl)cc3n2)C1. The van der Waals surface area contributed by atoms with E-state index in [9.17, 15) is 18.0 Å². The summed E-state index contributed by atoms with van der Waals surface area (Å²) in [5.41, 5.74) is -0.482. The number of hydrogen-bond acceptors (Lipinski definition) is 3. The second-order valence-electron chi connectivity index (χ2n) is 7.42. The fourth-order valence-electron chi connectivity index (χ4n) is 3.47. The van der Waals surface area contributed by atoms with Crippen LogP contribution in [0.5, 0.6) is 0 Å². The summed E-state index contributed by atoms with van der Waals surface area (Å²) in [6, 6.07) is 6.82. The van der Waals surface area contributed by atoms with E-state index in [1.807, 2.05) is 10.9 Å². The van der Waals surface area contributed by atoms with E-state index in [-0.39, 0.29) is 10.7 Å². The number of pyridine rings is 1. The van der Waals surface area contributed by atoms with E-state index in [1.165, 1.54) is 6.07 Å². The Kier molecular flexibility index (Phi) is 5.69. The maximum atomic E-state index is 12.8. The molecule has 0 radical (unpaired) electrons. The zero-order chi connectivity index (χ0) is 21.6. The maximum Gasteiger partial charge on any atom is 0.433 e. The Morgan fingerprint density at radius 3 is 2.73 bits per heavy atom. The monoisotopic (exact) mass is 548 g/mol. The van der Waals surface area contributed by atoms with E-state index in [4.69, 9.17) is 11.6 Å². The van der Waals surface area contributed by atoms with Crippen LogP contribution in [0, 0.1) is 5.92 Å². The minimum absolute atomic E-state index is 0.250. The summed E-state index contributed by atoms with van der Waals surface area (Å²) in [6.45, 7) is 2.20. The Labute approximate surface area is 189 Å². The van der Waals surface area contributed by atoms with Crippen molar-refractivity contribution in [3.8, 4) is 0 Å². The molecule has 2 heterocycles. The van der Waals surface area contributed by atoms with Crippen LogP contribution in [0.4, 0.5) is 18.9 Å². The molecule has 1 N–H and O–H groups in total. The minimum atomic E-state index is -4.63. The molecule has 1 atom stereocenters. The molecule has 1 amide bonds. The lowest BCUT2D eigenvalue weighted by Crippen LogP contribution is -2.31. The topological polar surface area (TPSA) is 59.8 Å². The lowest BCUT2D eigenvalue weighted by Gasteiger charge is -2.37. The summed E-state index contributed by atoms with van der Waals surface area (Å²) >= 11 is 8.71. The number of amides is 1.